The summed E-state index contributed by atoms with van der Waals surface area (Å²) in [4.78, 5) is 10.9. The molecule has 1 aromatic rings. The molecule has 2 N–H and O–H groups in total. The van der Waals surface area contributed by atoms with Gasteiger partial charge in [-0.3, -0.25) is 0 Å². The fraction of sp³-hybridized carbons (Fsp3) is 0.533. The van der Waals surface area contributed by atoms with Gasteiger partial charge in [0.05, 0.1) is 5.56 Å². The average molecular weight is 326 g/mol. The van der Waals surface area contributed by atoms with E-state index in [2.05, 4.69) is 28.2 Å². The van der Waals surface area contributed by atoms with Gasteiger partial charge in [0.25, 0.3) is 0 Å². The molecular weight excluding hydrogens is 306 g/mol. The van der Waals surface area contributed by atoms with Crippen molar-refractivity contribution in [2.75, 3.05) is 6.54 Å². The lowest BCUT2D eigenvalue weighted by Crippen LogP contribution is -2.39. The van der Waals surface area contributed by atoms with Crippen molar-refractivity contribution in [2.24, 2.45) is 5.41 Å². The van der Waals surface area contributed by atoms with Crippen molar-refractivity contribution in [3.63, 3.8) is 0 Å². The first-order valence-electron chi connectivity index (χ1n) is 6.79. The molecule has 19 heavy (non-hydrogen) atoms. The Hall–Kier alpha value is -0.870. The Balaban J connectivity index is 1.91. The minimum atomic E-state index is -0.889. The van der Waals surface area contributed by atoms with E-state index >= 15 is 0 Å². The molecule has 0 aromatic heterocycles. The lowest BCUT2D eigenvalue weighted by atomic mass is 9.67. The molecule has 104 valence electrons. The molecule has 0 atom stereocenters. The lowest BCUT2D eigenvalue weighted by Gasteiger charge is -2.41. The number of benzene rings is 1. The Morgan fingerprint density at radius 1 is 1.47 bits per heavy atom. The van der Waals surface area contributed by atoms with Gasteiger partial charge in [0.15, 0.2) is 0 Å². The van der Waals surface area contributed by atoms with Crippen molar-refractivity contribution < 1.29 is 9.90 Å². The first-order chi connectivity index (χ1) is 9.06. The number of carbonyl (C=O) groups is 1. The molecule has 0 heterocycles. The Morgan fingerprint density at radius 3 is 2.68 bits per heavy atom. The molecule has 1 aliphatic carbocycles. The molecule has 0 amide bonds. The molecule has 0 unspecified atom stereocenters. The van der Waals surface area contributed by atoms with Crippen molar-refractivity contribution in [1.29, 1.82) is 0 Å². The van der Waals surface area contributed by atoms with Crippen LogP contribution in [0.25, 0.3) is 0 Å². The summed E-state index contributed by atoms with van der Waals surface area (Å²) < 4.78 is 0.860. The van der Waals surface area contributed by atoms with Gasteiger partial charge in [0.1, 0.15) is 0 Å². The van der Waals surface area contributed by atoms with Crippen LogP contribution in [-0.2, 0) is 6.54 Å². The standard InChI is InChI=1S/C15H20BrNO2/c1-2-15(6-3-7-15)10-17-9-12-5-4-11(14(18)19)8-13(12)16/h4-5,8,17H,2-3,6-7,9-10H2,1H3,(H,18,19). The van der Waals surface area contributed by atoms with Crippen molar-refractivity contribution in [2.45, 2.75) is 39.2 Å². The largest absolute Gasteiger partial charge is 0.478 e. The second kappa shape index (κ2) is 6.06. The van der Waals surface area contributed by atoms with Gasteiger partial charge in [0, 0.05) is 17.6 Å². The van der Waals surface area contributed by atoms with E-state index in [-0.39, 0.29) is 0 Å². The first-order valence-corrected chi connectivity index (χ1v) is 7.58. The van der Waals surface area contributed by atoms with E-state index in [0.717, 1.165) is 23.1 Å². The zero-order valence-electron chi connectivity index (χ0n) is 11.2. The van der Waals surface area contributed by atoms with Crippen LogP contribution in [0.5, 0.6) is 0 Å². The molecule has 1 fully saturated rings. The first kappa shape index (κ1) is 14.5. The molecule has 1 aromatic carbocycles. The maximum atomic E-state index is 10.9. The normalized spacial score (nSPS) is 16.9. The third kappa shape index (κ3) is 3.37. The summed E-state index contributed by atoms with van der Waals surface area (Å²) in [6, 6.07) is 5.20. The van der Waals surface area contributed by atoms with E-state index in [4.69, 9.17) is 5.11 Å². The van der Waals surface area contributed by atoms with Crippen LogP contribution < -0.4 is 5.32 Å². The van der Waals surface area contributed by atoms with Crippen LogP contribution in [-0.4, -0.2) is 17.6 Å². The number of aromatic carboxylic acids is 1. The van der Waals surface area contributed by atoms with Crippen LogP contribution in [0.2, 0.25) is 0 Å². The number of nitrogens with one attached hydrogen (secondary N) is 1. The summed E-state index contributed by atoms with van der Waals surface area (Å²) in [7, 11) is 0. The lowest BCUT2D eigenvalue weighted by molar-refractivity contribution is 0.0697. The van der Waals surface area contributed by atoms with Gasteiger partial charge < -0.3 is 10.4 Å². The van der Waals surface area contributed by atoms with Gasteiger partial charge in [-0.25, -0.2) is 4.79 Å². The molecule has 1 saturated carbocycles. The van der Waals surface area contributed by atoms with E-state index in [1.165, 1.54) is 25.7 Å². The minimum Gasteiger partial charge on any atom is -0.478 e. The summed E-state index contributed by atoms with van der Waals surface area (Å²) in [6.45, 7) is 4.09. The quantitative estimate of drug-likeness (QED) is 0.835. The van der Waals surface area contributed by atoms with Crippen LogP contribution in [0.1, 0.15) is 48.5 Å². The number of halogens is 1. The summed E-state index contributed by atoms with van der Waals surface area (Å²) in [5, 5.41) is 12.4. The molecule has 0 radical (unpaired) electrons. The highest BCUT2D eigenvalue weighted by Gasteiger charge is 2.34. The summed E-state index contributed by atoms with van der Waals surface area (Å²) in [5.41, 5.74) is 1.93. The molecule has 4 heteroatoms. The number of rotatable bonds is 6. The second-order valence-electron chi connectivity index (χ2n) is 5.42. The molecule has 0 bridgehead atoms. The van der Waals surface area contributed by atoms with E-state index < -0.39 is 5.97 Å². The number of hydrogen-bond acceptors (Lipinski definition) is 2. The number of hydrogen-bond donors (Lipinski definition) is 2. The van der Waals surface area contributed by atoms with Gasteiger partial charge >= 0.3 is 5.97 Å². The summed E-state index contributed by atoms with van der Waals surface area (Å²) in [5.74, 6) is -0.889. The Bertz CT molecular complexity index is 464. The van der Waals surface area contributed by atoms with E-state index in [1.807, 2.05) is 6.07 Å². The topological polar surface area (TPSA) is 49.3 Å². The Kier molecular flexibility index (Phi) is 4.63. The highest BCUT2D eigenvalue weighted by atomic mass is 79.9. The minimum absolute atomic E-state index is 0.319. The van der Waals surface area contributed by atoms with E-state index in [0.29, 0.717) is 11.0 Å². The SMILES string of the molecule is CCC1(CNCc2ccc(C(=O)O)cc2Br)CCC1. The summed E-state index contributed by atoms with van der Waals surface area (Å²) >= 11 is 3.44. The van der Waals surface area contributed by atoms with Gasteiger partial charge in [-0.05, 0) is 42.4 Å². The third-order valence-electron chi connectivity index (χ3n) is 4.28. The van der Waals surface area contributed by atoms with Crippen LogP contribution in [0.3, 0.4) is 0 Å². The average Bonchev–Trinajstić information content (AvgIpc) is 2.34. The fourth-order valence-corrected chi connectivity index (χ4v) is 3.14. The maximum Gasteiger partial charge on any atom is 0.335 e. The monoisotopic (exact) mass is 325 g/mol. The molecule has 2 rings (SSSR count). The number of carboxylic acids is 1. The van der Waals surface area contributed by atoms with E-state index in [9.17, 15) is 4.79 Å². The van der Waals surface area contributed by atoms with Gasteiger partial charge in [0.2, 0.25) is 0 Å². The van der Waals surface area contributed by atoms with Crippen molar-refractivity contribution in [3.8, 4) is 0 Å². The molecule has 0 aliphatic heterocycles. The second-order valence-corrected chi connectivity index (χ2v) is 6.28. The Morgan fingerprint density at radius 2 is 2.21 bits per heavy atom. The van der Waals surface area contributed by atoms with Gasteiger partial charge in [-0.15, -0.1) is 0 Å². The summed E-state index contributed by atoms with van der Waals surface area (Å²) in [6.07, 6.45) is 5.25. The van der Waals surface area contributed by atoms with Crippen LogP contribution in [0.15, 0.2) is 22.7 Å². The highest BCUT2D eigenvalue weighted by molar-refractivity contribution is 9.10. The van der Waals surface area contributed by atoms with Crippen molar-refractivity contribution >= 4 is 21.9 Å². The van der Waals surface area contributed by atoms with Gasteiger partial charge in [-0.2, -0.15) is 0 Å². The molecule has 0 spiro atoms. The van der Waals surface area contributed by atoms with Crippen molar-refractivity contribution in [1.82, 2.24) is 5.32 Å². The predicted octanol–water partition coefficient (Wildman–Crippen LogP) is 3.82. The molecule has 0 saturated heterocycles. The zero-order valence-corrected chi connectivity index (χ0v) is 12.8. The fourth-order valence-electron chi connectivity index (χ4n) is 2.62. The van der Waals surface area contributed by atoms with Crippen LogP contribution in [0, 0.1) is 5.41 Å². The number of carboxylic acid groups (broad SMARTS) is 1. The molecular formula is C15H20BrNO2. The van der Waals surface area contributed by atoms with E-state index in [1.54, 1.807) is 12.1 Å². The third-order valence-corrected chi connectivity index (χ3v) is 5.02. The van der Waals surface area contributed by atoms with Gasteiger partial charge in [-0.1, -0.05) is 35.3 Å². The maximum absolute atomic E-state index is 10.9. The van der Waals surface area contributed by atoms with Crippen molar-refractivity contribution in [3.05, 3.63) is 33.8 Å². The highest BCUT2D eigenvalue weighted by Crippen LogP contribution is 2.43. The molecule has 1 aliphatic rings. The molecule has 3 nitrogen and oxygen atoms in total. The zero-order chi connectivity index (χ0) is 13.9. The predicted molar refractivity (Wildman–Crippen MR) is 79.4 cm³/mol. The Labute approximate surface area is 122 Å². The van der Waals surface area contributed by atoms with Crippen LogP contribution >= 0.6 is 15.9 Å². The van der Waals surface area contributed by atoms with Crippen LogP contribution in [0.4, 0.5) is 0 Å². The smallest absolute Gasteiger partial charge is 0.335 e.